The molecule has 0 saturated heterocycles. The van der Waals surface area contributed by atoms with E-state index >= 15 is 0 Å². The largest absolute Gasteiger partial charge is 0.486 e. The number of amides is 1. The molecule has 3 N–H and O–H groups in total. The Kier molecular flexibility index (Phi) is 4.91. The Bertz CT molecular complexity index is 868. The van der Waals surface area contributed by atoms with E-state index in [4.69, 9.17) is 15.2 Å². The Hall–Kier alpha value is -2.58. The van der Waals surface area contributed by atoms with Crippen LogP contribution in [0.15, 0.2) is 53.4 Å². The zero-order valence-corrected chi connectivity index (χ0v) is 14.2. The van der Waals surface area contributed by atoms with Gasteiger partial charge in [-0.1, -0.05) is 30.3 Å². The fourth-order valence-corrected chi connectivity index (χ4v) is 3.72. The van der Waals surface area contributed by atoms with E-state index in [9.17, 15) is 13.2 Å². The monoisotopic (exact) mass is 362 g/mol. The highest BCUT2D eigenvalue weighted by Crippen LogP contribution is 2.32. The molecule has 0 spiro atoms. The summed E-state index contributed by atoms with van der Waals surface area (Å²) in [5.74, 6) is 0.0960. The number of fused-ring (bicyclic) bond motifs is 1. The smallest absolute Gasteiger partial charge is 0.241 e. The van der Waals surface area contributed by atoms with Crippen LogP contribution in [-0.4, -0.2) is 33.6 Å². The van der Waals surface area contributed by atoms with Gasteiger partial charge in [-0.25, -0.2) is 8.42 Å². The van der Waals surface area contributed by atoms with Gasteiger partial charge in [0.15, 0.2) is 11.5 Å². The van der Waals surface area contributed by atoms with Gasteiger partial charge in [-0.2, -0.15) is 4.72 Å². The quantitative estimate of drug-likeness (QED) is 0.791. The zero-order valence-electron chi connectivity index (χ0n) is 13.3. The standard InChI is InChI=1S/C17H18N2O5S/c18-17(20)14(10-12-4-2-1-3-5-12)19-25(21,22)13-6-7-15-16(11-13)24-9-8-23-15/h1-7,11,14,19H,8-10H2,(H2,18,20)/t14-/m1/s1. The number of hydrogen-bond acceptors (Lipinski definition) is 5. The van der Waals surface area contributed by atoms with Crippen molar-refractivity contribution >= 4 is 15.9 Å². The Morgan fingerprint density at radius 3 is 2.44 bits per heavy atom. The van der Waals surface area contributed by atoms with Crippen molar-refractivity contribution in [2.45, 2.75) is 17.4 Å². The number of carbonyl (C=O) groups excluding carboxylic acids is 1. The van der Waals surface area contributed by atoms with Crippen LogP contribution in [0.2, 0.25) is 0 Å². The van der Waals surface area contributed by atoms with Gasteiger partial charge in [-0.05, 0) is 24.1 Å². The van der Waals surface area contributed by atoms with E-state index in [0.29, 0.717) is 24.7 Å². The van der Waals surface area contributed by atoms with Crippen LogP contribution in [-0.2, 0) is 21.2 Å². The number of sulfonamides is 1. The second kappa shape index (κ2) is 7.12. The average molecular weight is 362 g/mol. The van der Waals surface area contributed by atoms with Gasteiger partial charge in [0.05, 0.1) is 4.90 Å². The highest BCUT2D eigenvalue weighted by atomic mass is 32.2. The summed E-state index contributed by atoms with van der Waals surface area (Å²) in [5.41, 5.74) is 6.17. The van der Waals surface area contributed by atoms with Crippen molar-refractivity contribution in [2.75, 3.05) is 13.2 Å². The normalized spacial score (nSPS) is 14.7. The second-order valence-electron chi connectivity index (χ2n) is 5.57. The number of primary amides is 1. The average Bonchev–Trinajstić information content (AvgIpc) is 2.61. The predicted molar refractivity (Wildman–Crippen MR) is 90.9 cm³/mol. The SMILES string of the molecule is NC(=O)[C@@H](Cc1ccccc1)NS(=O)(=O)c1ccc2c(c1)OCCO2. The maximum Gasteiger partial charge on any atom is 0.241 e. The molecule has 2 aromatic carbocycles. The van der Waals surface area contributed by atoms with Crippen LogP contribution in [0.1, 0.15) is 5.56 Å². The molecule has 132 valence electrons. The summed E-state index contributed by atoms with van der Waals surface area (Å²) in [6, 6.07) is 12.3. The molecule has 8 heteroatoms. The molecule has 0 aliphatic carbocycles. The molecule has 3 rings (SSSR count). The molecule has 1 aliphatic heterocycles. The minimum Gasteiger partial charge on any atom is -0.486 e. The Morgan fingerprint density at radius 1 is 1.08 bits per heavy atom. The predicted octanol–water partition coefficient (Wildman–Crippen LogP) is 0.833. The summed E-state index contributed by atoms with van der Waals surface area (Å²) in [5, 5.41) is 0. The van der Waals surface area contributed by atoms with E-state index in [1.54, 1.807) is 12.1 Å². The number of carbonyl (C=O) groups is 1. The van der Waals surface area contributed by atoms with Gasteiger partial charge in [0.25, 0.3) is 0 Å². The summed E-state index contributed by atoms with van der Waals surface area (Å²) < 4.78 is 38.4. The Balaban J connectivity index is 1.82. The lowest BCUT2D eigenvalue weighted by atomic mass is 10.1. The maximum absolute atomic E-state index is 12.6. The van der Waals surface area contributed by atoms with E-state index < -0.39 is 22.0 Å². The molecular weight excluding hydrogens is 344 g/mol. The van der Waals surface area contributed by atoms with E-state index in [2.05, 4.69) is 4.72 Å². The Morgan fingerprint density at radius 2 is 1.76 bits per heavy atom. The maximum atomic E-state index is 12.6. The molecule has 0 unspecified atom stereocenters. The van der Waals surface area contributed by atoms with Gasteiger partial charge in [0.2, 0.25) is 15.9 Å². The molecular formula is C17H18N2O5S. The molecule has 1 heterocycles. The van der Waals surface area contributed by atoms with Gasteiger partial charge >= 0.3 is 0 Å². The van der Waals surface area contributed by atoms with Crippen LogP contribution in [0.5, 0.6) is 11.5 Å². The third kappa shape index (κ3) is 4.09. The third-order valence-electron chi connectivity index (χ3n) is 3.75. The van der Waals surface area contributed by atoms with Crippen molar-refractivity contribution in [1.82, 2.24) is 4.72 Å². The molecule has 25 heavy (non-hydrogen) atoms. The number of hydrogen-bond donors (Lipinski definition) is 2. The van der Waals surface area contributed by atoms with Crippen molar-refractivity contribution in [3.63, 3.8) is 0 Å². The molecule has 0 saturated carbocycles. The van der Waals surface area contributed by atoms with Gasteiger partial charge < -0.3 is 15.2 Å². The van der Waals surface area contributed by atoms with E-state index in [0.717, 1.165) is 5.56 Å². The van der Waals surface area contributed by atoms with E-state index in [1.165, 1.54) is 18.2 Å². The molecule has 0 bridgehead atoms. The van der Waals surface area contributed by atoms with Crippen LogP contribution in [0.25, 0.3) is 0 Å². The molecule has 1 aliphatic rings. The van der Waals surface area contributed by atoms with Gasteiger partial charge in [0.1, 0.15) is 19.3 Å². The fourth-order valence-electron chi connectivity index (χ4n) is 2.50. The second-order valence-corrected chi connectivity index (χ2v) is 7.29. The number of nitrogens with one attached hydrogen (secondary N) is 1. The number of benzene rings is 2. The van der Waals surface area contributed by atoms with Crippen LogP contribution < -0.4 is 19.9 Å². The van der Waals surface area contributed by atoms with Crippen LogP contribution in [0, 0.1) is 0 Å². The molecule has 0 radical (unpaired) electrons. The van der Waals surface area contributed by atoms with Crippen LogP contribution in [0.3, 0.4) is 0 Å². The first-order chi connectivity index (χ1) is 12.0. The molecule has 0 aromatic heterocycles. The summed E-state index contributed by atoms with van der Waals surface area (Å²) in [7, 11) is -3.94. The summed E-state index contributed by atoms with van der Waals surface area (Å²) in [6.07, 6.45) is 0.167. The molecule has 0 fully saturated rings. The van der Waals surface area contributed by atoms with Crippen molar-refractivity contribution in [3.8, 4) is 11.5 Å². The fraction of sp³-hybridized carbons (Fsp3) is 0.235. The molecule has 2 aromatic rings. The van der Waals surface area contributed by atoms with Gasteiger partial charge in [-0.15, -0.1) is 0 Å². The zero-order chi connectivity index (χ0) is 17.9. The van der Waals surface area contributed by atoms with E-state index in [1.807, 2.05) is 18.2 Å². The molecule has 1 atom stereocenters. The summed E-state index contributed by atoms with van der Waals surface area (Å²) in [6.45, 7) is 0.764. The number of ether oxygens (including phenoxy) is 2. The van der Waals surface area contributed by atoms with Crippen molar-refractivity contribution < 1.29 is 22.7 Å². The lowest BCUT2D eigenvalue weighted by Crippen LogP contribution is -2.45. The number of rotatable bonds is 6. The lowest BCUT2D eigenvalue weighted by molar-refractivity contribution is -0.119. The summed E-state index contributed by atoms with van der Waals surface area (Å²) >= 11 is 0. The highest BCUT2D eigenvalue weighted by Gasteiger charge is 2.26. The minimum absolute atomic E-state index is 0.0175. The number of nitrogens with two attached hydrogens (primary N) is 1. The highest BCUT2D eigenvalue weighted by molar-refractivity contribution is 7.89. The third-order valence-corrected chi connectivity index (χ3v) is 5.22. The summed E-state index contributed by atoms with van der Waals surface area (Å²) in [4.78, 5) is 11.7. The van der Waals surface area contributed by atoms with Crippen LogP contribution >= 0.6 is 0 Å². The molecule has 7 nitrogen and oxygen atoms in total. The molecule has 1 amide bonds. The first-order valence-electron chi connectivity index (χ1n) is 7.71. The van der Waals surface area contributed by atoms with E-state index in [-0.39, 0.29) is 11.3 Å². The van der Waals surface area contributed by atoms with Crippen molar-refractivity contribution in [3.05, 3.63) is 54.1 Å². The van der Waals surface area contributed by atoms with Crippen molar-refractivity contribution in [1.29, 1.82) is 0 Å². The van der Waals surface area contributed by atoms with Crippen LogP contribution in [0.4, 0.5) is 0 Å². The van der Waals surface area contributed by atoms with Gasteiger partial charge in [0, 0.05) is 6.07 Å². The Labute approximate surface area is 145 Å². The van der Waals surface area contributed by atoms with Gasteiger partial charge in [-0.3, -0.25) is 4.79 Å². The first kappa shape index (κ1) is 17.2. The minimum atomic E-state index is -3.94. The first-order valence-corrected chi connectivity index (χ1v) is 9.19. The topological polar surface area (TPSA) is 108 Å². The lowest BCUT2D eigenvalue weighted by Gasteiger charge is -2.20. The van der Waals surface area contributed by atoms with Crippen molar-refractivity contribution in [2.24, 2.45) is 5.73 Å².